The zero-order valence-electron chi connectivity index (χ0n) is 14.9. The van der Waals surface area contributed by atoms with Gasteiger partial charge in [0.15, 0.2) is 6.61 Å². The highest BCUT2D eigenvalue weighted by Crippen LogP contribution is 2.20. The molecule has 0 fully saturated rings. The Morgan fingerprint density at radius 2 is 2.00 bits per heavy atom. The van der Waals surface area contributed by atoms with Crippen LogP contribution in [0.4, 0.5) is 5.69 Å². The van der Waals surface area contributed by atoms with Gasteiger partial charge in [-0.2, -0.15) is 0 Å². The molecule has 0 bridgehead atoms. The van der Waals surface area contributed by atoms with Crippen LogP contribution in [0, 0.1) is 18.7 Å². The minimum Gasteiger partial charge on any atom is -0.484 e. The van der Waals surface area contributed by atoms with Gasteiger partial charge < -0.3 is 14.5 Å². The van der Waals surface area contributed by atoms with Crippen molar-refractivity contribution in [2.45, 2.75) is 27.0 Å². The van der Waals surface area contributed by atoms with Gasteiger partial charge in [0.25, 0.3) is 10.7 Å². The largest absolute Gasteiger partial charge is 0.484 e. The van der Waals surface area contributed by atoms with E-state index in [0.717, 1.165) is 15.6 Å². The van der Waals surface area contributed by atoms with E-state index < -0.39 is 0 Å². The van der Waals surface area contributed by atoms with Crippen molar-refractivity contribution in [1.82, 2.24) is 9.78 Å². The van der Waals surface area contributed by atoms with Gasteiger partial charge in [0.2, 0.25) is 5.91 Å². The number of anilines is 1. The van der Waals surface area contributed by atoms with Gasteiger partial charge in [-0.25, -0.2) is 4.68 Å². The van der Waals surface area contributed by atoms with Crippen LogP contribution in [0.2, 0.25) is 0 Å². The number of ether oxygens (including phenoxy) is 1. The Morgan fingerprint density at radius 1 is 1.26 bits per heavy atom. The maximum absolute atomic E-state index is 12.2. The lowest BCUT2D eigenvalue weighted by atomic mass is 10.2. The third-order valence-electron chi connectivity index (χ3n) is 3.77. The Bertz CT molecular complexity index is 1010. The van der Waals surface area contributed by atoms with E-state index in [1.165, 1.54) is 4.68 Å². The van der Waals surface area contributed by atoms with Crippen molar-refractivity contribution >= 4 is 39.7 Å². The molecule has 27 heavy (non-hydrogen) atoms. The highest BCUT2D eigenvalue weighted by Gasteiger charge is 2.11. The number of amides is 1. The molecular weight excluding hydrogens is 430 g/mol. The van der Waals surface area contributed by atoms with Gasteiger partial charge >= 0.3 is 0 Å². The molecule has 1 N–H and O–H groups in total. The number of aromatic nitrogens is 2. The molecule has 6 nitrogen and oxygen atoms in total. The molecule has 0 radical (unpaired) electrons. The summed E-state index contributed by atoms with van der Waals surface area (Å²) >= 11 is 8.57. The summed E-state index contributed by atoms with van der Waals surface area (Å²) < 4.78 is 13.3. The lowest BCUT2D eigenvalue weighted by Crippen LogP contribution is -2.19. The SMILES string of the molecule is Cc1ccc(OCc2nn(CC(=O)Nc3ccc(Br)c(C)c3)c(=S)o2)cc1. The van der Waals surface area contributed by atoms with E-state index >= 15 is 0 Å². The summed E-state index contributed by atoms with van der Waals surface area (Å²) in [4.78, 5) is 12.4. The minimum absolute atomic E-state index is 0.0397. The number of nitrogens with zero attached hydrogens (tertiary/aromatic N) is 2. The van der Waals surface area contributed by atoms with Crippen LogP contribution < -0.4 is 10.1 Å². The van der Waals surface area contributed by atoms with Crippen molar-refractivity contribution in [2.75, 3.05) is 5.32 Å². The number of rotatable bonds is 6. The van der Waals surface area contributed by atoms with Gasteiger partial charge in [-0.05, 0) is 62.0 Å². The summed E-state index contributed by atoms with van der Waals surface area (Å²) in [6.45, 7) is 4.05. The zero-order valence-corrected chi connectivity index (χ0v) is 17.3. The van der Waals surface area contributed by atoms with Crippen molar-refractivity contribution in [3.8, 4) is 5.75 Å². The first-order valence-corrected chi connectivity index (χ1v) is 9.43. The molecule has 0 aliphatic rings. The Morgan fingerprint density at radius 3 is 2.70 bits per heavy atom. The topological polar surface area (TPSA) is 69.3 Å². The highest BCUT2D eigenvalue weighted by atomic mass is 79.9. The molecule has 8 heteroatoms. The molecule has 0 saturated carbocycles. The summed E-state index contributed by atoms with van der Waals surface area (Å²) in [7, 11) is 0. The number of benzene rings is 2. The molecule has 1 amide bonds. The van der Waals surface area contributed by atoms with Crippen LogP contribution in [-0.2, 0) is 17.9 Å². The Balaban J connectivity index is 1.60. The lowest BCUT2D eigenvalue weighted by molar-refractivity contribution is -0.117. The molecule has 0 spiro atoms. The third-order valence-corrected chi connectivity index (χ3v) is 4.95. The Labute approximate surface area is 170 Å². The van der Waals surface area contributed by atoms with Gasteiger partial charge in [0.05, 0.1) is 0 Å². The average Bonchev–Trinajstić information content (AvgIpc) is 2.97. The molecule has 0 unspecified atom stereocenters. The number of halogens is 1. The zero-order chi connectivity index (χ0) is 19.4. The summed E-state index contributed by atoms with van der Waals surface area (Å²) in [5, 5.41) is 7.03. The fourth-order valence-corrected chi connectivity index (χ4v) is 2.79. The van der Waals surface area contributed by atoms with Crippen LogP contribution >= 0.6 is 28.1 Å². The number of hydrogen-bond donors (Lipinski definition) is 1. The van der Waals surface area contributed by atoms with E-state index in [0.29, 0.717) is 17.3 Å². The van der Waals surface area contributed by atoms with Gasteiger partial charge in [-0.3, -0.25) is 4.79 Å². The summed E-state index contributed by atoms with van der Waals surface area (Å²) in [6.07, 6.45) is 0. The van der Waals surface area contributed by atoms with Crippen LogP contribution in [0.3, 0.4) is 0 Å². The molecule has 0 aliphatic heterocycles. The van der Waals surface area contributed by atoms with Crippen molar-refractivity contribution in [2.24, 2.45) is 0 Å². The van der Waals surface area contributed by atoms with Crippen molar-refractivity contribution < 1.29 is 13.9 Å². The smallest absolute Gasteiger partial charge is 0.287 e. The fraction of sp³-hybridized carbons (Fsp3) is 0.211. The molecule has 2 aromatic carbocycles. The third kappa shape index (κ3) is 5.27. The van der Waals surface area contributed by atoms with E-state index in [4.69, 9.17) is 21.4 Å². The van der Waals surface area contributed by atoms with Crippen molar-refractivity contribution in [1.29, 1.82) is 0 Å². The van der Waals surface area contributed by atoms with Gasteiger partial charge in [0.1, 0.15) is 12.3 Å². The van der Waals surface area contributed by atoms with E-state index in [2.05, 4.69) is 26.3 Å². The predicted molar refractivity (Wildman–Crippen MR) is 108 cm³/mol. The quantitative estimate of drug-likeness (QED) is 0.549. The van der Waals surface area contributed by atoms with Crippen LogP contribution in [0.15, 0.2) is 51.4 Å². The van der Waals surface area contributed by atoms with E-state index in [9.17, 15) is 4.79 Å². The van der Waals surface area contributed by atoms with Crippen LogP contribution in [-0.4, -0.2) is 15.7 Å². The standard InChI is InChI=1S/C19H18BrN3O3S/c1-12-3-6-15(7-4-12)25-11-18-22-23(19(27)26-18)10-17(24)21-14-5-8-16(20)13(2)9-14/h3-9H,10-11H2,1-2H3,(H,21,24). The first kappa shape index (κ1) is 19.3. The van der Waals surface area contributed by atoms with Gasteiger partial charge in [0, 0.05) is 10.2 Å². The number of carbonyl (C=O) groups excluding carboxylic acids is 1. The van der Waals surface area contributed by atoms with Crippen LogP contribution in [0.5, 0.6) is 5.75 Å². The Kier molecular flexibility index (Phi) is 6.08. The van der Waals surface area contributed by atoms with Crippen LogP contribution in [0.1, 0.15) is 17.0 Å². The van der Waals surface area contributed by atoms with Gasteiger partial charge in [-0.15, -0.1) is 5.10 Å². The summed E-state index contributed by atoms with van der Waals surface area (Å²) in [6, 6.07) is 13.2. The fourth-order valence-electron chi connectivity index (χ4n) is 2.35. The molecule has 3 aromatic rings. The maximum atomic E-state index is 12.2. The second-order valence-electron chi connectivity index (χ2n) is 6.03. The maximum Gasteiger partial charge on any atom is 0.287 e. The molecule has 140 valence electrons. The molecule has 0 atom stereocenters. The average molecular weight is 448 g/mol. The molecular formula is C19H18BrN3O3S. The first-order chi connectivity index (χ1) is 12.9. The molecule has 1 aromatic heterocycles. The summed E-state index contributed by atoms with van der Waals surface area (Å²) in [5.74, 6) is 0.777. The molecule has 0 saturated heterocycles. The predicted octanol–water partition coefficient (Wildman–Crippen LogP) is 4.80. The Hall–Kier alpha value is -2.45. The number of carbonyl (C=O) groups is 1. The molecule has 0 aliphatic carbocycles. The molecule has 1 heterocycles. The van der Waals surface area contributed by atoms with Crippen molar-refractivity contribution in [3.05, 3.63) is 68.8 Å². The number of hydrogen-bond acceptors (Lipinski definition) is 5. The van der Waals surface area contributed by atoms with E-state index in [1.54, 1.807) is 0 Å². The first-order valence-electron chi connectivity index (χ1n) is 8.23. The summed E-state index contributed by atoms with van der Waals surface area (Å²) in [5.41, 5.74) is 2.89. The molecule has 3 rings (SSSR count). The lowest BCUT2D eigenvalue weighted by Gasteiger charge is -2.06. The van der Waals surface area contributed by atoms with E-state index in [1.807, 2.05) is 56.3 Å². The number of nitrogens with one attached hydrogen (secondary N) is 1. The minimum atomic E-state index is -0.243. The number of aryl methyl sites for hydroxylation is 2. The monoisotopic (exact) mass is 447 g/mol. The normalized spacial score (nSPS) is 10.6. The second-order valence-corrected chi connectivity index (χ2v) is 7.24. The van der Waals surface area contributed by atoms with Crippen molar-refractivity contribution in [3.63, 3.8) is 0 Å². The van der Waals surface area contributed by atoms with Gasteiger partial charge in [-0.1, -0.05) is 33.6 Å². The van der Waals surface area contributed by atoms with Crippen LogP contribution in [0.25, 0.3) is 0 Å². The highest BCUT2D eigenvalue weighted by molar-refractivity contribution is 9.10. The second kappa shape index (κ2) is 8.49. The van der Waals surface area contributed by atoms with E-state index in [-0.39, 0.29) is 23.9 Å².